The van der Waals surface area contributed by atoms with Crippen molar-refractivity contribution in [3.05, 3.63) is 63.9 Å². The molecule has 1 heterocycles. The maximum atomic E-state index is 9.12. The number of nitriles is 1. The largest absolute Gasteiger partial charge is 0.396 e. The zero-order chi connectivity index (χ0) is 16.9. The predicted molar refractivity (Wildman–Crippen MR) is 104 cm³/mol. The second kappa shape index (κ2) is 7.83. The summed E-state index contributed by atoms with van der Waals surface area (Å²) in [6.07, 6.45) is 1.99. The van der Waals surface area contributed by atoms with Crippen LogP contribution in [-0.2, 0) is 0 Å². The Labute approximate surface area is 158 Å². The van der Waals surface area contributed by atoms with Gasteiger partial charge in [0.25, 0.3) is 0 Å². The van der Waals surface area contributed by atoms with Crippen LogP contribution < -0.4 is 0 Å². The molecule has 24 heavy (non-hydrogen) atoms. The average Bonchev–Trinajstić information content (AvgIpc) is 3.05. The Morgan fingerprint density at radius 2 is 1.83 bits per heavy atom. The summed E-state index contributed by atoms with van der Waals surface area (Å²) in [6, 6.07) is 17.7. The van der Waals surface area contributed by atoms with Gasteiger partial charge in [0.1, 0.15) is 0 Å². The van der Waals surface area contributed by atoms with Crippen molar-refractivity contribution in [3.8, 4) is 23.0 Å². The zero-order valence-corrected chi connectivity index (χ0v) is 15.7. The Morgan fingerprint density at radius 3 is 2.46 bits per heavy atom. The van der Waals surface area contributed by atoms with E-state index in [1.165, 1.54) is 15.3 Å². The van der Waals surface area contributed by atoms with Gasteiger partial charge in [-0.1, -0.05) is 23.9 Å². The Morgan fingerprint density at radius 1 is 1.12 bits per heavy atom. The fourth-order valence-corrected chi connectivity index (χ4v) is 3.34. The summed E-state index contributed by atoms with van der Waals surface area (Å²) in [6.45, 7) is 0.108. The molecule has 1 aromatic heterocycles. The van der Waals surface area contributed by atoms with E-state index in [2.05, 4.69) is 52.9 Å². The SMILES string of the molecule is N#Cc1ccc(-c2cn(-c3ccc(I)cc3)c(SCCO)n2)cc1. The maximum absolute atomic E-state index is 9.12. The number of aliphatic hydroxyl groups excluding tert-OH is 1. The van der Waals surface area contributed by atoms with Crippen molar-refractivity contribution >= 4 is 34.4 Å². The summed E-state index contributed by atoms with van der Waals surface area (Å²) >= 11 is 3.80. The van der Waals surface area contributed by atoms with Crippen LogP contribution >= 0.6 is 34.4 Å². The average molecular weight is 447 g/mol. The Kier molecular flexibility index (Phi) is 5.56. The first-order valence-electron chi connectivity index (χ1n) is 7.31. The molecule has 120 valence electrons. The second-order valence-electron chi connectivity index (χ2n) is 5.02. The summed E-state index contributed by atoms with van der Waals surface area (Å²) < 4.78 is 3.21. The lowest BCUT2D eigenvalue weighted by Gasteiger charge is -2.06. The molecule has 4 nitrogen and oxygen atoms in total. The number of aromatic nitrogens is 2. The van der Waals surface area contributed by atoms with Crippen LogP contribution in [0.4, 0.5) is 0 Å². The highest BCUT2D eigenvalue weighted by Gasteiger charge is 2.12. The van der Waals surface area contributed by atoms with Gasteiger partial charge in [-0.2, -0.15) is 5.26 Å². The second-order valence-corrected chi connectivity index (χ2v) is 7.32. The standard InChI is InChI=1S/C18H14IN3OS/c19-15-5-7-16(8-6-15)22-12-17(21-18(22)24-10-9-23)14-3-1-13(11-20)2-4-14/h1-8,12,23H,9-10H2. The molecule has 0 spiro atoms. The zero-order valence-electron chi connectivity index (χ0n) is 12.7. The molecule has 3 rings (SSSR count). The van der Waals surface area contributed by atoms with Crippen molar-refractivity contribution in [2.24, 2.45) is 0 Å². The fraction of sp³-hybridized carbons (Fsp3) is 0.111. The highest BCUT2D eigenvalue weighted by Crippen LogP contribution is 2.27. The normalized spacial score (nSPS) is 10.5. The number of thioether (sulfide) groups is 1. The van der Waals surface area contributed by atoms with Crippen LogP contribution in [0.15, 0.2) is 59.9 Å². The van der Waals surface area contributed by atoms with E-state index >= 15 is 0 Å². The molecule has 3 aromatic rings. The minimum absolute atomic E-state index is 0.108. The summed E-state index contributed by atoms with van der Waals surface area (Å²) in [5, 5.41) is 18.9. The molecule has 2 aromatic carbocycles. The summed E-state index contributed by atoms with van der Waals surface area (Å²) in [7, 11) is 0. The number of nitrogens with zero attached hydrogens (tertiary/aromatic N) is 3. The van der Waals surface area contributed by atoms with Crippen molar-refractivity contribution in [1.82, 2.24) is 9.55 Å². The summed E-state index contributed by atoms with van der Waals surface area (Å²) in [5.41, 5.74) is 3.47. The number of rotatable bonds is 5. The van der Waals surface area contributed by atoms with Gasteiger partial charge in [-0.15, -0.1) is 0 Å². The number of imidazole rings is 1. The molecule has 0 unspecified atom stereocenters. The van der Waals surface area contributed by atoms with Gasteiger partial charge >= 0.3 is 0 Å². The predicted octanol–water partition coefficient (Wildman–Crippen LogP) is 4.10. The lowest BCUT2D eigenvalue weighted by atomic mass is 10.1. The molecule has 0 aliphatic heterocycles. The molecule has 0 saturated heterocycles. The van der Waals surface area contributed by atoms with Gasteiger partial charge < -0.3 is 5.11 Å². The van der Waals surface area contributed by atoms with E-state index in [1.807, 2.05) is 22.9 Å². The Hall–Kier alpha value is -1.82. The van der Waals surface area contributed by atoms with Gasteiger partial charge in [0.2, 0.25) is 0 Å². The minimum Gasteiger partial charge on any atom is -0.396 e. The number of hydrogen-bond donors (Lipinski definition) is 1. The molecule has 0 aliphatic rings. The highest BCUT2D eigenvalue weighted by molar-refractivity contribution is 14.1. The first-order chi connectivity index (χ1) is 11.7. The Bertz CT molecular complexity index is 867. The van der Waals surface area contributed by atoms with Gasteiger partial charge in [-0.3, -0.25) is 4.57 Å². The number of hydrogen-bond acceptors (Lipinski definition) is 4. The van der Waals surface area contributed by atoms with Crippen molar-refractivity contribution in [2.45, 2.75) is 5.16 Å². The molecular weight excluding hydrogens is 433 g/mol. The third-order valence-electron chi connectivity index (χ3n) is 3.41. The molecule has 1 N–H and O–H groups in total. The van der Waals surface area contributed by atoms with Crippen LogP contribution in [0.5, 0.6) is 0 Å². The van der Waals surface area contributed by atoms with Crippen molar-refractivity contribution < 1.29 is 5.11 Å². The van der Waals surface area contributed by atoms with Crippen molar-refractivity contribution in [1.29, 1.82) is 5.26 Å². The molecular formula is C18H14IN3OS. The fourth-order valence-electron chi connectivity index (χ4n) is 2.24. The molecule has 0 amide bonds. The third-order valence-corrected chi connectivity index (χ3v) is 5.06. The van der Waals surface area contributed by atoms with Crippen LogP contribution in [0, 0.1) is 14.9 Å². The van der Waals surface area contributed by atoms with Gasteiger partial charge in [0.05, 0.1) is 23.9 Å². The molecule has 0 saturated carbocycles. The van der Waals surface area contributed by atoms with Crippen LogP contribution in [0.25, 0.3) is 16.9 Å². The first kappa shape index (κ1) is 17.0. The quantitative estimate of drug-likeness (QED) is 0.473. The van der Waals surface area contributed by atoms with Crippen molar-refractivity contribution in [2.75, 3.05) is 12.4 Å². The van der Waals surface area contributed by atoms with E-state index in [9.17, 15) is 0 Å². The molecule has 6 heteroatoms. The molecule has 0 atom stereocenters. The number of halogens is 1. The van der Waals surface area contributed by atoms with E-state index in [4.69, 9.17) is 15.4 Å². The van der Waals surface area contributed by atoms with Crippen LogP contribution in [-0.4, -0.2) is 27.0 Å². The van der Waals surface area contributed by atoms with Crippen LogP contribution in [0.3, 0.4) is 0 Å². The molecule has 0 radical (unpaired) electrons. The van der Waals surface area contributed by atoms with E-state index in [0.717, 1.165) is 22.1 Å². The smallest absolute Gasteiger partial charge is 0.173 e. The van der Waals surface area contributed by atoms with E-state index in [0.29, 0.717) is 11.3 Å². The summed E-state index contributed by atoms with van der Waals surface area (Å²) in [4.78, 5) is 4.70. The van der Waals surface area contributed by atoms with Gasteiger partial charge in [-0.25, -0.2) is 4.98 Å². The first-order valence-corrected chi connectivity index (χ1v) is 9.37. The van der Waals surface area contributed by atoms with E-state index < -0.39 is 0 Å². The molecule has 0 fully saturated rings. The topological polar surface area (TPSA) is 61.8 Å². The monoisotopic (exact) mass is 447 g/mol. The van der Waals surface area contributed by atoms with Crippen LogP contribution in [0.1, 0.15) is 5.56 Å². The highest BCUT2D eigenvalue weighted by atomic mass is 127. The molecule has 0 bridgehead atoms. The van der Waals surface area contributed by atoms with E-state index in [1.54, 1.807) is 12.1 Å². The Balaban J connectivity index is 2.01. The van der Waals surface area contributed by atoms with Gasteiger partial charge in [0.15, 0.2) is 5.16 Å². The van der Waals surface area contributed by atoms with E-state index in [-0.39, 0.29) is 6.61 Å². The van der Waals surface area contributed by atoms with Gasteiger partial charge in [-0.05, 0) is 59.0 Å². The van der Waals surface area contributed by atoms with Crippen LogP contribution in [0.2, 0.25) is 0 Å². The molecule has 0 aliphatic carbocycles. The third kappa shape index (κ3) is 3.80. The lowest BCUT2D eigenvalue weighted by molar-refractivity contribution is 0.322. The van der Waals surface area contributed by atoms with Gasteiger partial charge in [0, 0.05) is 26.8 Å². The number of benzene rings is 2. The lowest BCUT2D eigenvalue weighted by Crippen LogP contribution is -1.96. The maximum Gasteiger partial charge on any atom is 0.173 e. The minimum atomic E-state index is 0.108. The van der Waals surface area contributed by atoms with Crippen molar-refractivity contribution in [3.63, 3.8) is 0 Å². The summed E-state index contributed by atoms with van der Waals surface area (Å²) in [5.74, 6) is 0.591. The number of aliphatic hydroxyl groups is 1.